The number of halogens is 3. The lowest BCUT2D eigenvalue weighted by Crippen LogP contribution is -2.44. The molecular formula is C16H24F2IN3O4S. The Morgan fingerprint density at radius 1 is 1.37 bits per heavy atom. The zero-order chi connectivity index (χ0) is 19.2. The van der Waals surface area contributed by atoms with Gasteiger partial charge in [-0.25, -0.2) is 8.42 Å². The number of guanidine groups is 1. The quantitative estimate of drug-likeness (QED) is 0.325. The monoisotopic (exact) mass is 519 g/mol. The summed E-state index contributed by atoms with van der Waals surface area (Å²) in [5, 5.41) is 6.16. The Hall–Kier alpha value is -1.37. The van der Waals surface area contributed by atoms with Crippen LogP contribution in [0.2, 0.25) is 0 Å². The molecule has 0 aliphatic carbocycles. The van der Waals surface area contributed by atoms with Gasteiger partial charge in [-0.3, -0.25) is 4.99 Å². The van der Waals surface area contributed by atoms with Gasteiger partial charge in [-0.05, 0) is 30.5 Å². The van der Waals surface area contributed by atoms with Crippen molar-refractivity contribution >= 4 is 39.8 Å². The molecule has 0 radical (unpaired) electrons. The second kappa shape index (κ2) is 10.8. The minimum absolute atomic E-state index is 0. The van der Waals surface area contributed by atoms with E-state index in [9.17, 15) is 17.2 Å². The molecule has 1 aromatic carbocycles. The highest BCUT2D eigenvalue weighted by atomic mass is 127. The Morgan fingerprint density at radius 2 is 2.11 bits per heavy atom. The molecule has 1 fully saturated rings. The zero-order valence-electron chi connectivity index (χ0n) is 15.1. The van der Waals surface area contributed by atoms with Crippen molar-refractivity contribution in [3.8, 4) is 11.5 Å². The smallest absolute Gasteiger partial charge is 0.387 e. The third-order valence-corrected chi connectivity index (χ3v) is 5.72. The average molecular weight is 519 g/mol. The fourth-order valence-corrected chi connectivity index (χ4v) is 4.36. The number of aliphatic imine (C=N–C) groups is 1. The first-order valence-corrected chi connectivity index (χ1v) is 9.94. The van der Waals surface area contributed by atoms with Crippen LogP contribution in [0.15, 0.2) is 23.2 Å². The van der Waals surface area contributed by atoms with E-state index in [0.29, 0.717) is 25.3 Å². The van der Waals surface area contributed by atoms with Gasteiger partial charge in [-0.2, -0.15) is 8.78 Å². The van der Waals surface area contributed by atoms with Gasteiger partial charge < -0.3 is 20.1 Å². The van der Waals surface area contributed by atoms with Gasteiger partial charge in [0.05, 0.1) is 18.6 Å². The van der Waals surface area contributed by atoms with Crippen molar-refractivity contribution in [1.82, 2.24) is 10.6 Å². The molecule has 11 heteroatoms. The van der Waals surface area contributed by atoms with E-state index >= 15 is 0 Å². The Balaban J connectivity index is 0.00000364. The standard InChI is InChI=1S/C16H23F2N3O4S.HI/c1-19-16(21-12-6-8-26(22,23)10-12)20-7-5-11-3-4-13(24-2)14(9-11)25-15(17)18;/h3-4,9,12,15H,5-8,10H2,1-2H3,(H2,19,20,21);1H. The Bertz CT molecular complexity index is 747. The number of rotatable bonds is 7. The molecule has 0 saturated carbocycles. The molecule has 2 rings (SSSR count). The lowest BCUT2D eigenvalue weighted by molar-refractivity contribution is -0.0512. The second-order valence-electron chi connectivity index (χ2n) is 5.86. The summed E-state index contributed by atoms with van der Waals surface area (Å²) in [6, 6.07) is 4.69. The van der Waals surface area contributed by atoms with Crippen LogP contribution in [0.4, 0.5) is 8.78 Å². The average Bonchev–Trinajstić information content (AvgIpc) is 2.92. The van der Waals surface area contributed by atoms with Gasteiger partial charge in [0.1, 0.15) is 0 Å². The summed E-state index contributed by atoms with van der Waals surface area (Å²) in [7, 11) is 0.0142. The normalized spacial score (nSPS) is 18.7. The van der Waals surface area contributed by atoms with E-state index in [4.69, 9.17) is 4.74 Å². The van der Waals surface area contributed by atoms with E-state index in [-0.39, 0.29) is 53.0 Å². The second-order valence-corrected chi connectivity index (χ2v) is 8.09. The van der Waals surface area contributed by atoms with E-state index in [1.807, 2.05) is 0 Å². The molecule has 0 spiro atoms. The number of nitrogens with one attached hydrogen (secondary N) is 2. The number of benzene rings is 1. The van der Waals surface area contributed by atoms with Crippen LogP contribution in [0.3, 0.4) is 0 Å². The predicted molar refractivity (Wildman–Crippen MR) is 110 cm³/mol. The highest BCUT2D eigenvalue weighted by Gasteiger charge is 2.28. The van der Waals surface area contributed by atoms with Crippen molar-refractivity contribution in [3.05, 3.63) is 23.8 Å². The number of methoxy groups -OCH3 is 1. The van der Waals surface area contributed by atoms with Crippen LogP contribution in [0, 0.1) is 0 Å². The Labute approximate surface area is 174 Å². The van der Waals surface area contributed by atoms with E-state index < -0.39 is 16.4 Å². The summed E-state index contributed by atoms with van der Waals surface area (Å²) in [5.74, 6) is 1.01. The maximum atomic E-state index is 12.5. The predicted octanol–water partition coefficient (Wildman–Crippen LogP) is 1.81. The first-order valence-electron chi connectivity index (χ1n) is 8.12. The van der Waals surface area contributed by atoms with Gasteiger partial charge in [0.15, 0.2) is 27.3 Å². The molecule has 1 aliphatic heterocycles. The molecule has 0 aromatic heterocycles. The topological polar surface area (TPSA) is 89.0 Å². The van der Waals surface area contributed by atoms with Crippen molar-refractivity contribution in [2.45, 2.75) is 25.5 Å². The molecule has 1 aromatic rings. The molecule has 0 bridgehead atoms. The fourth-order valence-electron chi connectivity index (χ4n) is 2.69. The van der Waals surface area contributed by atoms with Crippen LogP contribution in [0.25, 0.3) is 0 Å². The van der Waals surface area contributed by atoms with Gasteiger partial charge in [0, 0.05) is 19.6 Å². The third kappa shape index (κ3) is 7.64. The Morgan fingerprint density at radius 3 is 2.67 bits per heavy atom. The van der Waals surface area contributed by atoms with Crippen LogP contribution < -0.4 is 20.1 Å². The summed E-state index contributed by atoms with van der Waals surface area (Å²) in [5.41, 5.74) is 0.785. The lowest BCUT2D eigenvalue weighted by Gasteiger charge is -2.16. The SMILES string of the molecule is CN=C(NCCc1ccc(OC)c(OC(F)F)c1)NC1CCS(=O)(=O)C1.I. The van der Waals surface area contributed by atoms with Crippen LogP contribution in [-0.4, -0.2) is 59.2 Å². The number of alkyl halides is 2. The van der Waals surface area contributed by atoms with E-state index in [1.165, 1.54) is 13.2 Å². The van der Waals surface area contributed by atoms with Crippen molar-refractivity contribution in [2.24, 2.45) is 4.99 Å². The molecule has 0 amide bonds. The highest BCUT2D eigenvalue weighted by Crippen LogP contribution is 2.29. The van der Waals surface area contributed by atoms with Gasteiger partial charge in [0.25, 0.3) is 0 Å². The van der Waals surface area contributed by atoms with Crippen molar-refractivity contribution in [3.63, 3.8) is 0 Å². The molecule has 27 heavy (non-hydrogen) atoms. The summed E-state index contributed by atoms with van der Waals surface area (Å²) in [6.45, 7) is -2.44. The molecule has 1 saturated heterocycles. The van der Waals surface area contributed by atoms with Crippen LogP contribution in [0.1, 0.15) is 12.0 Å². The molecule has 1 atom stereocenters. The van der Waals surface area contributed by atoms with Crippen molar-refractivity contribution < 1.29 is 26.7 Å². The number of ether oxygens (including phenoxy) is 2. The zero-order valence-corrected chi connectivity index (χ0v) is 18.2. The third-order valence-electron chi connectivity index (χ3n) is 3.95. The molecule has 7 nitrogen and oxygen atoms in total. The van der Waals surface area contributed by atoms with Crippen LogP contribution in [-0.2, 0) is 16.3 Å². The fraction of sp³-hybridized carbons (Fsp3) is 0.562. The number of nitrogens with zero attached hydrogens (tertiary/aromatic N) is 1. The maximum absolute atomic E-state index is 12.5. The summed E-state index contributed by atoms with van der Waals surface area (Å²) in [4.78, 5) is 4.07. The van der Waals surface area contributed by atoms with E-state index in [2.05, 4.69) is 20.4 Å². The maximum Gasteiger partial charge on any atom is 0.387 e. The molecule has 154 valence electrons. The van der Waals surface area contributed by atoms with Crippen LogP contribution >= 0.6 is 24.0 Å². The number of sulfone groups is 1. The summed E-state index contributed by atoms with van der Waals surface area (Å²) in [6.07, 6.45) is 1.09. The lowest BCUT2D eigenvalue weighted by atomic mass is 10.1. The first-order chi connectivity index (χ1) is 12.3. The van der Waals surface area contributed by atoms with Crippen LogP contribution in [0.5, 0.6) is 11.5 Å². The number of hydrogen-bond acceptors (Lipinski definition) is 5. The van der Waals surface area contributed by atoms with Gasteiger partial charge in [0.2, 0.25) is 0 Å². The van der Waals surface area contributed by atoms with Gasteiger partial charge >= 0.3 is 6.61 Å². The first kappa shape index (κ1) is 23.7. The summed E-state index contributed by atoms with van der Waals surface area (Å²) < 4.78 is 57.4. The van der Waals surface area contributed by atoms with Crippen molar-refractivity contribution in [1.29, 1.82) is 0 Å². The van der Waals surface area contributed by atoms with E-state index in [1.54, 1.807) is 19.2 Å². The van der Waals surface area contributed by atoms with E-state index in [0.717, 1.165) is 5.56 Å². The van der Waals surface area contributed by atoms with Gasteiger partial charge in [-0.15, -0.1) is 24.0 Å². The number of hydrogen-bond donors (Lipinski definition) is 2. The Kier molecular flexibility index (Phi) is 9.50. The molecular weight excluding hydrogens is 495 g/mol. The molecule has 1 aliphatic rings. The summed E-state index contributed by atoms with van der Waals surface area (Å²) >= 11 is 0. The van der Waals surface area contributed by atoms with Crippen molar-refractivity contribution in [2.75, 3.05) is 32.2 Å². The largest absolute Gasteiger partial charge is 0.493 e. The minimum atomic E-state index is -2.97. The molecule has 2 N–H and O–H groups in total. The van der Waals surface area contributed by atoms with Gasteiger partial charge in [-0.1, -0.05) is 6.07 Å². The molecule has 1 heterocycles. The minimum Gasteiger partial charge on any atom is -0.493 e. The highest BCUT2D eigenvalue weighted by molar-refractivity contribution is 14.0. The molecule has 1 unspecified atom stereocenters.